The van der Waals surface area contributed by atoms with Gasteiger partial charge in [0.25, 0.3) is 0 Å². The van der Waals surface area contributed by atoms with Crippen molar-refractivity contribution in [3.63, 3.8) is 0 Å². The van der Waals surface area contributed by atoms with E-state index in [4.69, 9.17) is 4.74 Å². The molecular weight excluding hydrogens is 436 g/mol. The number of aromatic nitrogens is 2. The molecule has 3 aromatic rings. The lowest BCUT2D eigenvalue weighted by atomic mass is 9.98. The van der Waals surface area contributed by atoms with Crippen molar-refractivity contribution in [2.45, 2.75) is 52.7 Å². The van der Waals surface area contributed by atoms with Crippen molar-refractivity contribution in [2.75, 3.05) is 0 Å². The molecule has 2 aromatic carbocycles. The lowest BCUT2D eigenvalue weighted by Gasteiger charge is -2.20. The maximum Gasteiger partial charge on any atom is 0.357 e. The summed E-state index contributed by atoms with van der Waals surface area (Å²) in [7, 11) is 0. The van der Waals surface area contributed by atoms with Crippen molar-refractivity contribution in [3.8, 4) is 11.1 Å². The third-order valence-corrected chi connectivity index (χ3v) is 5.08. The topological polar surface area (TPSA) is 119 Å². The Labute approximate surface area is 197 Å². The van der Waals surface area contributed by atoms with Crippen LogP contribution in [0, 0.1) is 0 Å². The Morgan fingerprint density at radius 2 is 1.62 bits per heavy atom. The van der Waals surface area contributed by atoms with Gasteiger partial charge < -0.3 is 19.5 Å². The number of hydrogen-bond donors (Lipinski definition) is 2. The van der Waals surface area contributed by atoms with Crippen LogP contribution in [-0.2, 0) is 17.7 Å². The predicted octanol–water partition coefficient (Wildman–Crippen LogP) is 4.90. The molecule has 8 nitrogen and oxygen atoms in total. The summed E-state index contributed by atoms with van der Waals surface area (Å²) in [4.78, 5) is 40.1. The summed E-state index contributed by atoms with van der Waals surface area (Å²) in [6.45, 7) is 7.51. The van der Waals surface area contributed by atoms with Crippen molar-refractivity contribution in [1.82, 2.24) is 9.55 Å². The van der Waals surface area contributed by atoms with E-state index in [1.807, 2.05) is 64.1 Å². The number of rotatable bonds is 8. The van der Waals surface area contributed by atoms with Crippen LogP contribution in [0.1, 0.15) is 76.8 Å². The molecule has 2 N–H and O–H groups in total. The first kappa shape index (κ1) is 24.7. The highest BCUT2D eigenvalue weighted by Crippen LogP contribution is 2.27. The van der Waals surface area contributed by atoms with Crippen molar-refractivity contribution >= 4 is 17.9 Å². The van der Waals surface area contributed by atoms with Crippen LogP contribution in [0.3, 0.4) is 0 Å². The third kappa shape index (κ3) is 5.51. The summed E-state index contributed by atoms with van der Waals surface area (Å²) < 4.78 is 6.97. The highest BCUT2D eigenvalue weighted by molar-refractivity contribution is 5.99. The van der Waals surface area contributed by atoms with Gasteiger partial charge in [-0.15, -0.1) is 0 Å². The van der Waals surface area contributed by atoms with Gasteiger partial charge in [0.15, 0.2) is 11.4 Å². The number of imidazole rings is 1. The van der Waals surface area contributed by atoms with Gasteiger partial charge in [-0.3, -0.25) is 0 Å². The number of carbonyl (C=O) groups is 3. The van der Waals surface area contributed by atoms with Crippen LogP contribution in [0.4, 0.5) is 0 Å². The molecule has 0 amide bonds. The molecule has 8 heteroatoms. The van der Waals surface area contributed by atoms with E-state index in [9.17, 15) is 24.6 Å². The zero-order valence-electron chi connectivity index (χ0n) is 19.7. The minimum absolute atomic E-state index is 0.158. The molecule has 0 aliphatic carbocycles. The molecule has 0 atom stereocenters. The quantitative estimate of drug-likeness (QED) is 0.455. The Hall–Kier alpha value is -3.94. The number of benzene rings is 2. The smallest absolute Gasteiger partial charge is 0.357 e. The van der Waals surface area contributed by atoms with Crippen LogP contribution in [0.2, 0.25) is 0 Å². The molecule has 0 aliphatic heterocycles. The van der Waals surface area contributed by atoms with Crippen LogP contribution in [0.25, 0.3) is 11.1 Å². The number of aromatic carboxylic acids is 2. The lowest BCUT2D eigenvalue weighted by molar-refractivity contribution is 0.00700. The molecule has 0 saturated carbocycles. The Kier molecular flexibility index (Phi) is 7.20. The van der Waals surface area contributed by atoms with Gasteiger partial charge in [0.1, 0.15) is 11.4 Å². The second-order valence-electron chi connectivity index (χ2n) is 8.92. The highest BCUT2D eigenvalue weighted by atomic mass is 16.6. The molecular formula is C26H28N2O6. The van der Waals surface area contributed by atoms with Crippen molar-refractivity contribution < 1.29 is 29.3 Å². The van der Waals surface area contributed by atoms with Crippen LogP contribution < -0.4 is 0 Å². The van der Waals surface area contributed by atoms with Crippen LogP contribution in [-0.4, -0.2) is 43.3 Å². The number of carboxylic acids is 2. The standard InChI is InChI=1S/C26H28N2O6/c1-5-8-20-27-21(23(29)30)22(24(31)32)28(20)15-16-11-13-17(14-12-16)18-9-6-7-10-19(18)25(33)34-26(2,3)4/h6-7,9-14H,5,8,15H2,1-4H3,(H,29,30)(H,31,32). The maximum absolute atomic E-state index is 12.7. The summed E-state index contributed by atoms with van der Waals surface area (Å²) in [5.74, 6) is -2.71. The Balaban J connectivity index is 1.95. The first-order valence-electron chi connectivity index (χ1n) is 11.0. The average molecular weight is 465 g/mol. The van der Waals surface area contributed by atoms with E-state index < -0.39 is 29.2 Å². The van der Waals surface area contributed by atoms with Gasteiger partial charge in [-0.1, -0.05) is 49.4 Å². The van der Waals surface area contributed by atoms with E-state index in [-0.39, 0.29) is 12.2 Å². The summed E-state index contributed by atoms with van der Waals surface area (Å²) >= 11 is 0. The van der Waals surface area contributed by atoms with E-state index in [2.05, 4.69) is 4.98 Å². The molecule has 34 heavy (non-hydrogen) atoms. The number of esters is 1. The van der Waals surface area contributed by atoms with Gasteiger partial charge in [0.2, 0.25) is 0 Å². The van der Waals surface area contributed by atoms with Gasteiger partial charge in [-0.2, -0.15) is 0 Å². The zero-order chi connectivity index (χ0) is 25.0. The first-order valence-corrected chi connectivity index (χ1v) is 11.0. The minimum Gasteiger partial charge on any atom is -0.476 e. The number of ether oxygens (including phenoxy) is 1. The second-order valence-corrected chi connectivity index (χ2v) is 8.92. The van der Waals surface area contributed by atoms with Gasteiger partial charge in [-0.05, 0) is 49.9 Å². The van der Waals surface area contributed by atoms with Gasteiger partial charge in [-0.25, -0.2) is 19.4 Å². The Bertz CT molecular complexity index is 1220. The number of hydrogen-bond acceptors (Lipinski definition) is 5. The fraction of sp³-hybridized carbons (Fsp3) is 0.308. The first-order chi connectivity index (χ1) is 16.0. The van der Waals surface area contributed by atoms with Gasteiger partial charge >= 0.3 is 17.9 Å². The van der Waals surface area contributed by atoms with Gasteiger partial charge in [0, 0.05) is 13.0 Å². The van der Waals surface area contributed by atoms with E-state index >= 15 is 0 Å². The normalized spacial score (nSPS) is 11.3. The largest absolute Gasteiger partial charge is 0.476 e. The van der Waals surface area contributed by atoms with Crippen LogP contribution in [0.15, 0.2) is 48.5 Å². The maximum atomic E-state index is 12.7. The number of carboxylic acid groups (broad SMARTS) is 2. The van der Waals surface area contributed by atoms with E-state index in [1.165, 1.54) is 4.57 Å². The molecule has 1 heterocycles. The molecule has 0 aliphatic rings. The summed E-state index contributed by atoms with van der Waals surface area (Å²) in [5.41, 5.74) is 1.32. The number of carbonyl (C=O) groups excluding carboxylic acids is 1. The van der Waals surface area contributed by atoms with E-state index in [0.29, 0.717) is 24.2 Å². The van der Waals surface area contributed by atoms with Crippen LogP contribution in [0.5, 0.6) is 0 Å². The molecule has 0 unspecified atom stereocenters. The van der Waals surface area contributed by atoms with E-state index in [0.717, 1.165) is 16.7 Å². The Morgan fingerprint density at radius 3 is 2.18 bits per heavy atom. The van der Waals surface area contributed by atoms with Crippen molar-refractivity contribution in [3.05, 3.63) is 76.9 Å². The lowest BCUT2D eigenvalue weighted by Crippen LogP contribution is -2.24. The number of nitrogens with zero attached hydrogens (tertiary/aromatic N) is 2. The summed E-state index contributed by atoms with van der Waals surface area (Å²) in [6.07, 6.45) is 1.14. The molecule has 0 bridgehead atoms. The molecule has 178 valence electrons. The van der Waals surface area contributed by atoms with Crippen molar-refractivity contribution in [1.29, 1.82) is 0 Å². The molecule has 0 spiro atoms. The summed E-state index contributed by atoms with van der Waals surface area (Å²) in [5, 5.41) is 19.1. The predicted molar refractivity (Wildman–Crippen MR) is 126 cm³/mol. The monoisotopic (exact) mass is 464 g/mol. The average Bonchev–Trinajstić information content (AvgIpc) is 3.12. The Morgan fingerprint density at radius 1 is 0.971 bits per heavy atom. The SMILES string of the molecule is CCCc1nc(C(=O)O)c(C(=O)O)n1Cc1ccc(-c2ccccc2C(=O)OC(C)(C)C)cc1. The fourth-order valence-electron chi connectivity index (χ4n) is 3.67. The van der Waals surface area contributed by atoms with Crippen LogP contribution >= 0.6 is 0 Å². The molecule has 0 fully saturated rings. The fourth-order valence-corrected chi connectivity index (χ4v) is 3.67. The van der Waals surface area contributed by atoms with Gasteiger partial charge in [0.05, 0.1) is 5.56 Å². The zero-order valence-corrected chi connectivity index (χ0v) is 19.7. The molecule has 0 saturated heterocycles. The highest BCUT2D eigenvalue weighted by Gasteiger charge is 2.27. The third-order valence-electron chi connectivity index (χ3n) is 5.08. The summed E-state index contributed by atoms with van der Waals surface area (Å²) in [6, 6.07) is 14.5. The molecule has 1 aromatic heterocycles. The number of aryl methyl sites for hydroxylation is 1. The van der Waals surface area contributed by atoms with Crippen molar-refractivity contribution in [2.24, 2.45) is 0 Å². The second kappa shape index (κ2) is 9.91. The molecule has 0 radical (unpaired) electrons. The minimum atomic E-state index is -1.37. The van der Waals surface area contributed by atoms with E-state index in [1.54, 1.807) is 12.1 Å². The molecule has 3 rings (SSSR count).